The van der Waals surface area contributed by atoms with Crippen LogP contribution in [0.15, 0.2) is 61.1 Å². The Hall–Kier alpha value is -4.77. The van der Waals surface area contributed by atoms with Crippen molar-refractivity contribution in [1.29, 1.82) is 0 Å². The molecule has 0 aliphatic rings. The van der Waals surface area contributed by atoms with E-state index in [1.165, 1.54) is 0 Å². The molecule has 0 bridgehead atoms. The van der Waals surface area contributed by atoms with Gasteiger partial charge in [-0.15, -0.1) is 0 Å². The van der Waals surface area contributed by atoms with Gasteiger partial charge < -0.3 is 10.4 Å². The maximum absolute atomic E-state index is 13.1. The van der Waals surface area contributed by atoms with E-state index in [1.807, 2.05) is 71.0 Å². The summed E-state index contributed by atoms with van der Waals surface area (Å²) >= 11 is 0. The Labute approximate surface area is 234 Å². The van der Waals surface area contributed by atoms with Crippen molar-refractivity contribution in [2.75, 3.05) is 11.9 Å². The summed E-state index contributed by atoms with van der Waals surface area (Å²) in [5, 5.41) is 13.5. The van der Waals surface area contributed by atoms with Crippen molar-refractivity contribution in [3.8, 4) is 23.0 Å². The topological polar surface area (TPSA) is 108 Å². The fraction of sp³-hybridized carbons (Fsp3) is 0.281. The van der Waals surface area contributed by atoms with Crippen LogP contribution in [0.5, 0.6) is 0 Å². The molecule has 1 aromatic carbocycles. The zero-order valence-corrected chi connectivity index (χ0v) is 23.6. The number of anilines is 1. The van der Waals surface area contributed by atoms with Crippen LogP contribution < -0.4 is 5.32 Å². The number of aryl methyl sites for hydroxylation is 2. The molecule has 3 aromatic heterocycles. The molecule has 4 aromatic rings. The van der Waals surface area contributed by atoms with Crippen LogP contribution in [0.2, 0.25) is 0 Å². The molecule has 0 aliphatic carbocycles. The average Bonchev–Trinajstić information content (AvgIpc) is 2.90. The number of hydrogen-bond donors (Lipinski definition) is 2. The molecular formula is C32H33N5O3. The molecule has 4 rings (SSSR count). The third-order valence-corrected chi connectivity index (χ3v) is 6.41. The van der Waals surface area contributed by atoms with E-state index in [2.05, 4.69) is 27.1 Å². The highest BCUT2D eigenvalue weighted by molar-refractivity contribution is 5.95. The second kappa shape index (κ2) is 11.5. The van der Waals surface area contributed by atoms with Crippen LogP contribution in [0.3, 0.4) is 0 Å². The van der Waals surface area contributed by atoms with Gasteiger partial charge in [-0.3, -0.25) is 19.7 Å². The van der Waals surface area contributed by atoms with Gasteiger partial charge in [-0.25, -0.2) is 9.78 Å². The minimum atomic E-state index is -1.15. The summed E-state index contributed by atoms with van der Waals surface area (Å²) in [5.41, 5.74) is 5.61. The zero-order chi connectivity index (χ0) is 29.0. The number of fused-ring (bicyclic) bond motifs is 1. The van der Waals surface area contributed by atoms with Gasteiger partial charge in [-0.2, -0.15) is 0 Å². The molecule has 0 spiro atoms. The molecule has 0 saturated carbocycles. The number of rotatable bonds is 5. The number of aromatic nitrogens is 3. The highest BCUT2D eigenvalue weighted by Gasteiger charge is 2.29. The van der Waals surface area contributed by atoms with Crippen molar-refractivity contribution in [1.82, 2.24) is 19.9 Å². The third-order valence-electron chi connectivity index (χ3n) is 6.41. The van der Waals surface area contributed by atoms with Crippen LogP contribution in [0, 0.1) is 31.1 Å². The number of amides is 2. The van der Waals surface area contributed by atoms with Crippen molar-refractivity contribution in [2.24, 2.45) is 5.41 Å². The molecule has 3 heterocycles. The molecule has 0 saturated heterocycles. The Balaban J connectivity index is 1.72. The number of carbonyl (C=O) groups excluding carboxylic acids is 1. The normalized spacial score (nSPS) is 11.8. The average molecular weight is 536 g/mol. The first kappa shape index (κ1) is 28.2. The Morgan fingerprint density at radius 3 is 2.45 bits per heavy atom. The lowest BCUT2D eigenvalue weighted by Crippen LogP contribution is -2.48. The van der Waals surface area contributed by atoms with Crippen LogP contribution in [0.1, 0.15) is 50.1 Å². The van der Waals surface area contributed by atoms with Gasteiger partial charge in [0, 0.05) is 41.6 Å². The lowest BCUT2D eigenvalue weighted by Gasteiger charge is -2.31. The largest absolute Gasteiger partial charge is 0.465 e. The van der Waals surface area contributed by atoms with Gasteiger partial charge in [0.1, 0.15) is 17.6 Å². The van der Waals surface area contributed by atoms with Gasteiger partial charge in [0.15, 0.2) is 0 Å². The molecule has 204 valence electrons. The first-order valence-electron chi connectivity index (χ1n) is 13.0. The summed E-state index contributed by atoms with van der Waals surface area (Å²) in [6, 6.07) is 12.3. The zero-order valence-electron chi connectivity index (χ0n) is 23.6. The number of benzene rings is 1. The maximum Gasteiger partial charge on any atom is 0.407 e. The van der Waals surface area contributed by atoms with Gasteiger partial charge in [-0.1, -0.05) is 32.8 Å². The molecule has 40 heavy (non-hydrogen) atoms. The van der Waals surface area contributed by atoms with Crippen LogP contribution >= 0.6 is 0 Å². The Morgan fingerprint density at radius 2 is 1.77 bits per heavy atom. The summed E-state index contributed by atoms with van der Waals surface area (Å²) in [7, 11) is 0. The van der Waals surface area contributed by atoms with E-state index in [0.717, 1.165) is 43.6 Å². The number of carbonyl (C=O) groups is 2. The monoisotopic (exact) mass is 535 g/mol. The first-order valence-corrected chi connectivity index (χ1v) is 13.0. The van der Waals surface area contributed by atoms with Gasteiger partial charge in [-0.05, 0) is 85.2 Å². The standard InChI is InChI=1S/C32H33N5O3/c1-20-17-33-18-21(2)29(20)25-11-14-28(36-30(38)22(3)37(31(39)40)19-32(4,5)6)35-27(25)13-10-23-9-12-26-24(16-23)8-7-15-34-26/h7-9,11-12,14-18,22H,19H2,1-6H3,(H,39,40)(H,35,36,38). The molecule has 0 radical (unpaired) electrons. The summed E-state index contributed by atoms with van der Waals surface area (Å²) in [6.45, 7) is 11.5. The third kappa shape index (κ3) is 6.62. The number of nitrogens with zero attached hydrogens (tertiary/aromatic N) is 4. The second-order valence-electron chi connectivity index (χ2n) is 11.0. The van der Waals surface area contributed by atoms with Gasteiger partial charge in [0.25, 0.3) is 0 Å². The van der Waals surface area contributed by atoms with E-state index in [4.69, 9.17) is 4.98 Å². The van der Waals surface area contributed by atoms with Crippen LogP contribution in [0.4, 0.5) is 10.6 Å². The predicted molar refractivity (Wildman–Crippen MR) is 157 cm³/mol. The highest BCUT2D eigenvalue weighted by atomic mass is 16.4. The van der Waals surface area contributed by atoms with E-state index in [-0.39, 0.29) is 17.8 Å². The fourth-order valence-electron chi connectivity index (χ4n) is 4.49. The van der Waals surface area contributed by atoms with Gasteiger partial charge in [0.2, 0.25) is 5.91 Å². The quantitative estimate of drug-likeness (QED) is 0.301. The lowest BCUT2D eigenvalue weighted by atomic mass is 9.95. The van der Waals surface area contributed by atoms with Crippen LogP contribution in [-0.4, -0.2) is 49.5 Å². The molecule has 1 unspecified atom stereocenters. The van der Waals surface area contributed by atoms with Crippen molar-refractivity contribution in [2.45, 2.75) is 47.6 Å². The van der Waals surface area contributed by atoms with Crippen LogP contribution in [0.25, 0.3) is 22.0 Å². The number of nitrogens with one attached hydrogen (secondary N) is 1. The summed E-state index contributed by atoms with van der Waals surface area (Å²) in [4.78, 5) is 39.5. The fourth-order valence-corrected chi connectivity index (χ4v) is 4.49. The molecule has 8 heteroatoms. The van der Waals surface area contributed by atoms with E-state index < -0.39 is 18.0 Å². The lowest BCUT2D eigenvalue weighted by molar-refractivity contribution is -0.120. The first-order chi connectivity index (χ1) is 18.9. The Morgan fingerprint density at radius 1 is 1.05 bits per heavy atom. The van der Waals surface area contributed by atoms with E-state index >= 15 is 0 Å². The van der Waals surface area contributed by atoms with Gasteiger partial charge in [0.05, 0.1) is 5.52 Å². The molecule has 8 nitrogen and oxygen atoms in total. The van der Waals surface area contributed by atoms with E-state index in [0.29, 0.717) is 5.69 Å². The molecule has 1 atom stereocenters. The molecule has 0 fully saturated rings. The minimum Gasteiger partial charge on any atom is -0.465 e. The summed E-state index contributed by atoms with van der Waals surface area (Å²) in [5.74, 6) is 6.24. The Kier molecular flexibility index (Phi) is 8.15. The number of pyridine rings is 3. The van der Waals surface area contributed by atoms with E-state index in [1.54, 1.807) is 31.6 Å². The predicted octanol–water partition coefficient (Wildman–Crippen LogP) is 6.06. The molecule has 2 N–H and O–H groups in total. The van der Waals surface area contributed by atoms with Crippen molar-refractivity contribution in [3.05, 3.63) is 83.4 Å². The molecule has 2 amide bonds. The minimum absolute atomic E-state index is 0.210. The molecular weight excluding hydrogens is 502 g/mol. The second-order valence-corrected chi connectivity index (χ2v) is 11.0. The van der Waals surface area contributed by atoms with Crippen LogP contribution in [-0.2, 0) is 4.79 Å². The van der Waals surface area contributed by atoms with Gasteiger partial charge >= 0.3 is 6.09 Å². The number of carboxylic acid groups (broad SMARTS) is 1. The number of hydrogen-bond acceptors (Lipinski definition) is 5. The summed E-state index contributed by atoms with van der Waals surface area (Å²) in [6.07, 6.45) is 4.19. The SMILES string of the molecule is Cc1cncc(C)c1-c1ccc(NC(=O)C(C)N(CC(C)(C)C)C(=O)O)nc1C#Cc1ccc2ncccc2c1. The maximum atomic E-state index is 13.1. The van der Waals surface area contributed by atoms with Crippen molar-refractivity contribution < 1.29 is 14.7 Å². The summed E-state index contributed by atoms with van der Waals surface area (Å²) < 4.78 is 0. The van der Waals surface area contributed by atoms with Crippen molar-refractivity contribution >= 4 is 28.7 Å². The smallest absolute Gasteiger partial charge is 0.407 e. The highest BCUT2D eigenvalue weighted by Crippen LogP contribution is 2.30. The Bertz CT molecular complexity index is 1630. The molecule has 0 aliphatic heterocycles. The van der Waals surface area contributed by atoms with Crippen molar-refractivity contribution in [3.63, 3.8) is 0 Å². The van der Waals surface area contributed by atoms with E-state index in [9.17, 15) is 14.7 Å².